The van der Waals surface area contributed by atoms with Gasteiger partial charge in [0.1, 0.15) is 0 Å². The lowest BCUT2D eigenvalue weighted by molar-refractivity contribution is -0.125. The third-order valence-corrected chi connectivity index (χ3v) is 6.61. The van der Waals surface area contributed by atoms with Gasteiger partial charge in [0, 0.05) is 31.4 Å². The van der Waals surface area contributed by atoms with Gasteiger partial charge in [-0.15, -0.1) is 0 Å². The van der Waals surface area contributed by atoms with Gasteiger partial charge in [-0.3, -0.25) is 14.3 Å². The van der Waals surface area contributed by atoms with Gasteiger partial charge in [0.2, 0.25) is 5.91 Å². The molecule has 1 saturated heterocycles. The van der Waals surface area contributed by atoms with Gasteiger partial charge in [-0.05, 0) is 49.6 Å². The molecule has 7 nitrogen and oxygen atoms in total. The normalized spacial score (nSPS) is 16.9. The Hall–Kier alpha value is -2.87. The van der Waals surface area contributed by atoms with Crippen molar-refractivity contribution in [1.82, 2.24) is 10.2 Å². The number of piperidine rings is 1. The van der Waals surface area contributed by atoms with E-state index in [-0.39, 0.29) is 22.6 Å². The van der Waals surface area contributed by atoms with Gasteiger partial charge in [-0.25, -0.2) is 8.42 Å². The number of carbonyl (C=O) groups is 2. The highest BCUT2D eigenvalue weighted by atomic mass is 32.2. The molecule has 8 heteroatoms. The molecule has 2 N–H and O–H groups in total. The first-order valence-electron chi connectivity index (χ1n) is 9.51. The molecule has 0 radical (unpaired) electrons. The average molecular weight is 416 g/mol. The first-order chi connectivity index (χ1) is 13.8. The summed E-state index contributed by atoms with van der Waals surface area (Å²) in [6, 6.07) is 13.1. The Balaban J connectivity index is 1.78. The van der Waals surface area contributed by atoms with Crippen LogP contribution in [0.15, 0.2) is 53.4 Å². The van der Waals surface area contributed by atoms with Gasteiger partial charge in [-0.1, -0.05) is 24.3 Å². The molecular formula is C21H25N3O4S. The zero-order valence-electron chi connectivity index (χ0n) is 16.5. The Morgan fingerprint density at radius 2 is 1.86 bits per heavy atom. The summed E-state index contributed by atoms with van der Waals surface area (Å²) in [5.41, 5.74) is 1.34. The number of rotatable bonds is 5. The van der Waals surface area contributed by atoms with Gasteiger partial charge in [0.05, 0.1) is 10.8 Å². The van der Waals surface area contributed by atoms with E-state index < -0.39 is 10.0 Å². The zero-order chi connectivity index (χ0) is 21.0. The molecule has 1 heterocycles. The molecule has 3 rings (SSSR count). The lowest BCUT2D eigenvalue weighted by Crippen LogP contribution is -2.44. The number of carbonyl (C=O) groups excluding carboxylic acids is 2. The summed E-state index contributed by atoms with van der Waals surface area (Å²) in [5.74, 6) is -0.502. The monoisotopic (exact) mass is 415 g/mol. The quantitative estimate of drug-likeness (QED) is 0.784. The fourth-order valence-electron chi connectivity index (χ4n) is 3.55. The highest BCUT2D eigenvalue weighted by molar-refractivity contribution is 7.92. The highest BCUT2D eigenvalue weighted by Crippen LogP contribution is 2.22. The van der Waals surface area contributed by atoms with E-state index in [0.717, 1.165) is 12.8 Å². The van der Waals surface area contributed by atoms with Crippen molar-refractivity contribution in [3.8, 4) is 0 Å². The maximum atomic E-state index is 12.9. The minimum Gasteiger partial charge on any atom is -0.359 e. The summed E-state index contributed by atoms with van der Waals surface area (Å²) in [4.78, 5) is 26.7. The second-order valence-electron chi connectivity index (χ2n) is 7.16. The van der Waals surface area contributed by atoms with Crippen LogP contribution in [0.5, 0.6) is 0 Å². The molecule has 1 fully saturated rings. The van der Waals surface area contributed by atoms with Crippen LogP contribution in [0.4, 0.5) is 5.69 Å². The number of sulfonamides is 1. The number of benzene rings is 2. The van der Waals surface area contributed by atoms with Crippen molar-refractivity contribution in [2.45, 2.75) is 24.7 Å². The van der Waals surface area contributed by atoms with Crippen molar-refractivity contribution in [3.05, 3.63) is 59.7 Å². The second-order valence-corrected chi connectivity index (χ2v) is 8.81. The molecule has 1 unspecified atom stereocenters. The van der Waals surface area contributed by atoms with Crippen molar-refractivity contribution in [1.29, 1.82) is 0 Å². The van der Waals surface area contributed by atoms with E-state index in [9.17, 15) is 18.0 Å². The zero-order valence-corrected chi connectivity index (χ0v) is 17.3. The van der Waals surface area contributed by atoms with Crippen LogP contribution in [-0.4, -0.2) is 45.3 Å². The topological polar surface area (TPSA) is 95.6 Å². The van der Waals surface area contributed by atoms with Crippen molar-refractivity contribution < 1.29 is 18.0 Å². The van der Waals surface area contributed by atoms with Crippen molar-refractivity contribution >= 4 is 27.5 Å². The molecule has 0 spiro atoms. The summed E-state index contributed by atoms with van der Waals surface area (Å²) >= 11 is 0. The molecule has 1 aliphatic rings. The number of nitrogens with zero attached hydrogens (tertiary/aromatic N) is 1. The maximum Gasteiger partial charge on any atom is 0.262 e. The lowest BCUT2D eigenvalue weighted by atomic mass is 9.96. The van der Waals surface area contributed by atoms with Crippen LogP contribution in [0.25, 0.3) is 0 Å². The van der Waals surface area contributed by atoms with Crippen molar-refractivity contribution in [2.24, 2.45) is 5.92 Å². The number of nitrogens with one attached hydrogen (secondary N) is 2. The molecular weight excluding hydrogens is 390 g/mol. The minimum absolute atomic E-state index is 0.0674. The second kappa shape index (κ2) is 8.65. The maximum absolute atomic E-state index is 12.9. The fourth-order valence-corrected chi connectivity index (χ4v) is 4.84. The highest BCUT2D eigenvalue weighted by Gasteiger charge is 2.28. The lowest BCUT2D eigenvalue weighted by Gasteiger charge is -2.32. The van der Waals surface area contributed by atoms with E-state index in [2.05, 4.69) is 10.0 Å². The van der Waals surface area contributed by atoms with Crippen LogP contribution in [0, 0.1) is 12.8 Å². The standard InChI is InChI=1S/C21H25N3O4S/c1-15-7-3-4-11-19(15)29(27,28)23-18-10-5-8-16(13-18)21(26)24-12-6-9-17(14-24)20(25)22-2/h3-5,7-8,10-11,13,17,23H,6,9,12,14H2,1-2H3,(H,22,25). The van der Waals surface area contributed by atoms with E-state index in [1.165, 1.54) is 6.07 Å². The molecule has 0 bridgehead atoms. The van der Waals surface area contributed by atoms with Gasteiger partial charge < -0.3 is 10.2 Å². The largest absolute Gasteiger partial charge is 0.359 e. The van der Waals surface area contributed by atoms with Crippen LogP contribution < -0.4 is 10.0 Å². The van der Waals surface area contributed by atoms with E-state index >= 15 is 0 Å². The number of aryl methyl sites for hydroxylation is 1. The van der Waals surface area contributed by atoms with Crippen molar-refractivity contribution in [2.75, 3.05) is 24.9 Å². The first kappa shape index (κ1) is 20.9. The predicted molar refractivity (Wildman–Crippen MR) is 111 cm³/mol. The Morgan fingerprint density at radius 3 is 2.59 bits per heavy atom. The smallest absolute Gasteiger partial charge is 0.262 e. The van der Waals surface area contributed by atoms with Crippen LogP contribution >= 0.6 is 0 Å². The number of hydrogen-bond acceptors (Lipinski definition) is 4. The molecule has 0 aliphatic carbocycles. The van der Waals surface area contributed by atoms with Crippen molar-refractivity contribution in [3.63, 3.8) is 0 Å². The Labute approximate surface area is 171 Å². The predicted octanol–water partition coefficient (Wildman–Crippen LogP) is 2.39. The van der Waals surface area contributed by atoms with Gasteiger partial charge in [0.25, 0.3) is 15.9 Å². The first-order valence-corrected chi connectivity index (χ1v) is 11.0. The van der Waals surface area contributed by atoms with Gasteiger partial charge >= 0.3 is 0 Å². The van der Waals surface area contributed by atoms with E-state index in [1.54, 1.807) is 61.3 Å². The SMILES string of the molecule is CNC(=O)C1CCCN(C(=O)c2cccc(NS(=O)(=O)c3ccccc3C)c2)C1. The molecule has 1 aliphatic heterocycles. The number of likely N-dealkylation sites (tertiary alicyclic amines) is 1. The molecule has 154 valence electrons. The van der Waals surface area contributed by atoms with Crippen LogP contribution in [0.2, 0.25) is 0 Å². The van der Waals surface area contributed by atoms with Crippen LogP contribution in [0.3, 0.4) is 0 Å². The van der Waals surface area contributed by atoms with E-state index in [0.29, 0.717) is 29.9 Å². The Bertz CT molecular complexity index is 1020. The van der Waals surface area contributed by atoms with Crippen LogP contribution in [0.1, 0.15) is 28.8 Å². The third-order valence-electron chi connectivity index (χ3n) is 5.07. The molecule has 0 aromatic heterocycles. The molecule has 2 aromatic rings. The Morgan fingerprint density at radius 1 is 1.10 bits per heavy atom. The number of amides is 2. The average Bonchev–Trinajstić information content (AvgIpc) is 2.72. The van der Waals surface area contributed by atoms with E-state index in [4.69, 9.17) is 0 Å². The third kappa shape index (κ3) is 4.76. The minimum atomic E-state index is -3.76. The van der Waals surface area contributed by atoms with Gasteiger partial charge in [0.15, 0.2) is 0 Å². The molecule has 0 saturated carbocycles. The summed E-state index contributed by atoms with van der Waals surface area (Å²) < 4.78 is 28.0. The fraction of sp³-hybridized carbons (Fsp3) is 0.333. The number of anilines is 1. The summed E-state index contributed by atoms with van der Waals surface area (Å²) in [6.07, 6.45) is 1.50. The molecule has 1 atom stereocenters. The number of hydrogen-bond donors (Lipinski definition) is 2. The molecule has 29 heavy (non-hydrogen) atoms. The van der Waals surface area contributed by atoms with Crippen LogP contribution in [-0.2, 0) is 14.8 Å². The summed E-state index contributed by atoms with van der Waals surface area (Å²) in [6.45, 7) is 2.66. The van der Waals surface area contributed by atoms with Gasteiger partial charge in [-0.2, -0.15) is 0 Å². The summed E-state index contributed by atoms with van der Waals surface area (Å²) in [7, 11) is -2.17. The molecule has 2 aromatic carbocycles. The summed E-state index contributed by atoms with van der Waals surface area (Å²) in [5, 5.41) is 2.64. The Kier molecular flexibility index (Phi) is 6.22. The molecule has 2 amide bonds. The van der Waals surface area contributed by atoms with E-state index in [1.807, 2.05) is 0 Å².